The van der Waals surface area contributed by atoms with Crippen molar-refractivity contribution in [3.05, 3.63) is 59.8 Å². The third-order valence-corrected chi connectivity index (χ3v) is 6.83. The number of nitrogens with one attached hydrogen (secondary N) is 2. The van der Waals surface area contributed by atoms with Gasteiger partial charge in [0.25, 0.3) is 5.91 Å². The molecule has 0 unspecified atom stereocenters. The first-order valence-corrected chi connectivity index (χ1v) is 12.1. The summed E-state index contributed by atoms with van der Waals surface area (Å²) >= 11 is 1.71. The van der Waals surface area contributed by atoms with Gasteiger partial charge in [-0.15, -0.1) is 11.8 Å². The van der Waals surface area contributed by atoms with Gasteiger partial charge in [0.1, 0.15) is 11.4 Å². The van der Waals surface area contributed by atoms with E-state index >= 15 is 0 Å². The van der Waals surface area contributed by atoms with Gasteiger partial charge >= 0.3 is 0 Å². The molecule has 0 bridgehead atoms. The second-order valence-corrected chi connectivity index (χ2v) is 9.08. The van der Waals surface area contributed by atoms with Crippen LogP contribution in [0.4, 0.5) is 0 Å². The van der Waals surface area contributed by atoms with E-state index in [0.717, 1.165) is 35.1 Å². The Kier molecular flexibility index (Phi) is 7.05. The Morgan fingerprint density at radius 3 is 2.56 bits per heavy atom. The number of nitrogens with zero attached hydrogens (tertiary/aromatic N) is 1. The monoisotopic (exact) mass is 451 g/mol. The fraction of sp³-hybridized carbons (Fsp3) is 0.360. The van der Waals surface area contributed by atoms with E-state index in [4.69, 9.17) is 4.74 Å². The molecule has 168 valence electrons. The highest BCUT2D eigenvalue weighted by atomic mass is 32.2. The number of fused-ring (bicyclic) bond motifs is 1. The number of rotatable bonds is 7. The number of carbonyl (C=O) groups is 2. The zero-order chi connectivity index (χ0) is 22.5. The zero-order valence-corrected chi connectivity index (χ0v) is 19.3. The van der Waals surface area contributed by atoms with Crippen LogP contribution in [-0.2, 0) is 11.3 Å². The summed E-state index contributed by atoms with van der Waals surface area (Å²) in [6.45, 7) is 1.90. The predicted octanol–water partition coefficient (Wildman–Crippen LogP) is 4.46. The van der Waals surface area contributed by atoms with Gasteiger partial charge in [-0.1, -0.05) is 12.1 Å². The van der Waals surface area contributed by atoms with Crippen molar-refractivity contribution in [2.75, 3.05) is 26.5 Å². The van der Waals surface area contributed by atoms with Crippen molar-refractivity contribution in [1.29, 1.82) is 0 Å². The molecule has 2 aromatic carbocycles. The number of aromatic amines is 1. The van der Waals surface area contributed by atoms with E-state index in [1.807, 2.05) is 35.4 Å². The number of piperidine rings is 1. The summed E-state index contributed by atoms with van der Waals surface area (Å²) in [6.07, 6.45) is 4.25. The summed E-state index contributed by atoms with van der Waals surface area (Å²) in [5, 5.41) is 4.02. The van der Waals surface area contributed by atoms with Crippen LogP contribution in [0, 0.1) is 5.92 Å². The number of H-pyrrole nitrogens is 1. The average Bonchev–Trinajstić information content (AvgIpc) is 3.26. The minimum absolute atomic E-state index is 0.0109. The molecule has 2 N–H and O–H groups in total. The molecule has 3 aromatic rings. The number of benzene rings is 2. The Balaban J connectivity index is 1.25. The van der Waals surface area contributed by atoms with Crippen LogP contribution in [0.15, 0.2) is 53.4 Å². The highest BCUT2D eigenvalue weighted by Gasteiger charge is 2.26. The van der Waals surface area contributed by atoms with Gasteiger partial charge in [0.15, 0.2) is 0 Å². The largest absolute Gasteiger partial charge is 0.497 e. The smallest absolute Gasteiger partial charge is 0.270 e. The molecular weight excluding hydrogens is 422 g/mol. The van der Waals surface area contributed by atoms with Gasteiger partial charge in [0, 0.05) is 47.9 Å². The lowest BCUT2D eigenvalue weighted by atomic mass is 9.93. The summed E-state index contributed by atoms with van der Waals surface area (Å²) in [5.74, 6) is 1.16. The van der Waals surface area contributed by atoms with Gasteiger partial charge in [-0.3, -0.25) is 9.59 Å². The van der Waals surface area contributed by atoms with E-state index in [9.17, 15) is 9.59 Å². The summed E-state index contributed by atoms with van der Waals surface area (Å²) in [7, 11) is 1.63. The fourth-order valence-corrected chi connectivity index (χ4v) is 4.55. The number of amides is 2. The van der Waals surface area contributed by atoms with Crippen LogP contribution in [0.5, 0.6) is 5.75 Å². The highest BCUT2D eigenvalue weighted by Crippen LogP contribution is 2.25. The van der Waals surface area contributed by atoms with Crippen LogP contribution in [-0.4, -0.2) is 48.2 Å². The molecule has 2 heterocycles. The molecule has 7 heteroatoms. The normalized spacial score (nSPS) is 14.5. The lowest BCUT2D eigenvalue weighted by Gasteiger charge is -2.31. The maximum absolute atomic E-state index is 12.9. The first kappa shape index (κ1) is 22.3. The fourth-order valence-electron chi connectivity index (χ4n) is 4.14. The number of carbonyl (C=O) groups excluding carboxylic acids is 2. The zero-order valence-electron chi connectivity index (χ0n) is 18.5. The van der Waals surface area contributed by atoms with Gasteiger partial charge in [-0.05, 0) is 60.9 Å². The van der Waals surface area contributed by atoms with E-state index in [1.54, 1.807) is 18.9 Å². The van der Waals surface area contributed by atoms with Crippen molar-refractivity contribution in [2.24, 2.45) is 5.92 Å². The molecule has 4 rings (SSSR count). The Bertz CT molecular complexity index is 1090. The minimum atomic E-state index is 0.0109. The SMILES string of the molecule is COc1ccc2cc(C(=O)N3CCC(CC(=O)NCc4ccc(SC)cc4)CC3)[nH]c2c1. The number of thioether (sulfide) groups is 1. The number of hydrogen-bond acceptors (Lipinski definition) is 4. The maximum Gasteiger partial charge on any atom is 0.270 e. The van der Waals surface area contributed by atoms with E-state index < -0.39 is 0 Å². The molecule has 0 radical (unpaired) electrons. The van der Waals surface area contributed by atoms with Crippen LogP contribution < -0.4 is 10.1 Å². The van der Waals surface area contributed by atoms with Crippen molar-refractivity contribution in [1.82, 2.24) is 15.2 Å². The van der Waals surface area contributed by atoms with E-state index in [2.05, 4.69) is 34.6 Å². The predicted molar refractivity (Wildman–Crippen MR) is 128 cm³/mol. The second kappa shape index (κ2) is 10.1. The van der Waals surface area contributed by atoms with Crippen LogP contribution in [0.3, 0.4) is 0 Å². The van der Waals surface area contributed by atoms with Crippen LogP contribution >= 0.6 is 11.8 Å². The summed E-state index contributed by atoms with van der Waals surface area (Å²) < 4.78 is 5.25. The first-order chi connectivity index (χ1) is 15.6. The number of likely N-dealkylation sites (tertiary alicyclic amines) is 1. The summed E-state index contributed by atoms with van der Waals surface area (Å²) in [5.41, 5.74) is 2.59. The van der Waals surface area contributed by atoms with Crippen molar-refractivity contribution in [3.8, 4) is 5.75 Å². The molecule has 1 saturated heterocycles. The van der Waals surface area contributed by atoms with Crippen LogP contribution in [0.25, 0.3) is 10.9 Å². The third-order valence-electron chi connectivity index (χ3n) is 6.08. The van der Waals surface area contributed by atoms with Crippen molar-refractivity contribution in [2.45, 2.75) is 30.7 Å². The maximum atomic E-state index is 12.9. The molecule has 0 atom stereocenters. The molecule has 0 aliphatic carbocycles. The third kappa shape index (κ3) is 5.27. The Morgan fingerprint density at radius 1 is 1.12 bits per heavy atom. The van der Waals surface area contributed by atoms with Crippen LogP contribution in [0.1, 0.15) is 35.3 Å². The summed E-state index contributed by atoms with van der Waals surface area (Å²) in [6, 6.07) is 15.9. The Labute approximate surface area is 192 Å². The molecule has 6 nitrogen and oxygen atoms in total. The van der Waals surface area contributed by atoms with Gasteiger partial charge < -0.3 is 19.9 Å². The van der Waals surface area contributed by atoms with Gasteiger partial charge in [-0.2, -0.15) is 0 Å². The van der Waals surface area contributed by atoms with Crippen molar-refractivity contribution in [3.63, 3.8) is 0 Å². The second-order valence-electron chi connectivity index (χ2n) is 8.20. The molecule has 0 spiro atoms. The average molecular weight is 452 g/mol. The molecule has 1 aliphatic rings. The van der Waals surface area contributed by atoms with Crippen molar-refractivity contribution >= 4 is 34.5 Å². The molecule has 32 heavy (non-hydrogen) atoms. The van der Waals surface area contributed by atoms with E-state index in [1.165, 1.54) is 4.90 Å². The van der Waals surface area contributed by atoms with Gasteiger partial charge in [0.2, 0.25) is 5.91 Å². The molecule has 1 fully saturated rings. The lowest BCUT2D eigenvalue weighted by Crippen LogP contribution is -2.39. The minimum Gasteiger partial charge on any atom is -0.497 e. The number of ether oxygens (including phenoxy) is 1. The topological polar surface area (TPSA) is 74.4 Å². The Hall–Kier alpha value is -2.93. The number of aromatic nitrogens is 1. The number of hydrogen-bond donors (Lipinski definition) is 2. The van der Waals surface area contributed by atoms with Crippen LogP contribution in [0.2, 0.25) is 0 Å². The molecule has 1 aromatic heterocycles. The molecule has 0 saturated carbocycles. The number of methoxy groups -OCH3 is 1. The van der Waals surface area contributed by atoms with Gasteiger partial charge in [-0.25, -0.2) is 0 Å². The standard InChI is InChI=1S/C25H29N3O3S/c1-31-20-6-5-19-14-23(27-22(19)15-20)25(30)28-11-9-17(10-12-28)13-24(29)26-16-18-3-7-21(32-2)8-4-18/h3-8,14-15,17,27H,9-13,16H2,1-2H3,(H,26,29). The quantitative estimate of drug-likeness (QED) is 0.520. The molecular formula is C25H29N3O3S. The summed E-state index contributed by atoms with van der Waals surface area (Å²) in [4.78, 5) is 31.6. The Morgan fingerprint density at radius 2 is 1.88 bits per heavy atom. The molecule has 2 amide bonds. The first-order valence-electron chi connectivity index (χ1n) is 10.9. The van der Waals surface area contributed by atoms with Gasteiger partial charge in [0.05, 0.1) is 7.11 Å². The van der Waals surface area contributed by atoms with E-state index in [-0.39, 0.29) is 11.8 Å². The lowest BCUT2D eigenvalue weighted by molar-refractivity contribution is -0.122. The van der Waals surface area contributed by atoms with Crippen molar-refractivity contribution < 1.29 is 14.3 Å². The van der Waals surface area contributed by atoms with E-state index in [0.29, 0.717) is 37.7 Å². The molecule has 1 aliphatic heterocycles. The highest BCUT2D eigenvalue weighted by molar-refractivity contribution is 7.98.